The first-order valence-corrected chi connectivity index (χ1v) is 6.47. The lowest BCUT2D eigenvalue weighted by molar-refractivity contribution is -0.126. The number of halogens is 1. The van der Waals surface area contributed by atoms with E-state index < -0.39 is 11.6 Å². The van der Waals surface area contributed by atoms with Gasteiger partial charge in [-0.2, -0.15) is 0 Å². The Kier molecular flexibility index (Phi) is 2.77. The van der Waals surface area contributed by atoms with E-state index in [1.807, 2.05) is 0 Å². The van der Waals surface area contributed by atoms with Gasteiger partial charge >= 0.3 is 0 Å². The van der Waals surface area contributed by atoms with Gasteiger partial charge in [-0.25, -0.2) is 4.39 Å². The highest BCUT2D eigenvalue weighted by Gasteiger charge is 2.48. The van der Waals surface area contributed by atoms with Crippen LogP contribution in [0.5, 0.6) is 0 Å². The van der Waals surface area contributed by atoms with E-state index in [2.05, 4.69) is 10.6 Å². The monoisotopic (exact) mass is 262 g/mol. The normalized spacial score (nSPS) is 23.8. The summed E-state index contributed by atoms with van der Waals surface area (Å²) >= 11 is 0. The van der Waals surface area contributed by atoms with Crippen molar-refractivity contribution in [2.75, 3.05) is 0 Å². The van der Waals surface area contributed by atoms with Crippen molar-refractivity contribution in [3.63, 3.8) is 0 Å². The number of nitrogens with one attached hydrogen (secondary N) is 2. The van der Waals surface area contributed by atoms with Crippen molar-refractivity contribution in [3.05, 3.63) is 35.6 Å². The maximum atomic E-state index is 13.8. The van der Waals surface area contributed by atoms with Gasteiger partial charge in [-0.05, 0) is 25.3 Å². The molecule has 1 atom stereocenters. The Labute approximate surface area is 110 Å². The van der Waals surface area contributed by atoms with Crippen molar-refractivity contribution >= 4 is 11.8 Å². The van der Waals surface area contributed by atoms with Crippen molar-refractivity contribution in [2.24, 2.45) is 0 Å². The number of benzene rings is 1. The van der Waals surface area contributed by atoms with Gasteiger partial charge in [0.1, 0.15) is 11.9 Å². The predicted octanol–water partition coefficient (Wildman–Crippen LogP) is 1.21. The number of carbonyl (C=O) groups is 2. The van der Waals surface area contributed by atoms with E-state index >= 15 is 0 Å². The highest BCUT2D eigenvalue weighted by molar-refractivity contribution is 5.91. The standard InChI is InChI=1S/C14H15FN2O2/c15-10-4-2-1-3-9(10)14(7-8-14)17-13(19)11-5-6-12(18)16-11/h1-4,11H,5-8H2,(H,16,18)(H,17,19). The average Bonchev–Trinajstić information content (AvgIpc) is 3.02. The smallest absolute Gasteiger partial charge is 0.243 e. The van der Waals surface area contributed by atoms with Crippen molar-refractivity contribution in [3.8, 4) is 0 Å². The number of carbonyl (C=O) groups excluding carboxylic acids is 2. The molecule has 0 aromatic heterocycles. The zero-order chi connectivity index (χ0) is 13.5. The van der Waals surface area contributed by atoms with Crippen LogP contribution < -0.4 is 10.6 Å². The predicted molar refractivity (Wildman–Crippen MR) is 66.6 cm³/mol. The third kappa shape index (κ3) is 2.20. The van der Waals surface area contributed by atoms with Crippen molar-refractivity contribution < 1.29 is 14.0 Å². The minimum atomic E-state index is -0.574. The molecule has 1 aliphatic carbocycles. The fourth-order valence-corrected chi connectivity index (χ4v) is 2.57. The fraction of sp³-hybridized carbons (Fsp3) is 0.429. The van der Waals surface area contributed by atoms with Gasteiger partial charge < -0.3 is 10.6 Å². The van der Waals surface area contributed by atoms with Gasteiger partial charge in [-0.1, -0.05) is 18.2 Å². The second-order valence-corrected chi connectivity index (χ2v) is 5.21. The Bertz CT molecular complexity index is 540. The summed E-state index contributed by atoms with van der Waals surface area (Å²) in [5.74, 6) is -0.613. The van der Waals surface area contributed by atoms with Gasteiger partial charge in [0, 0.05) is 12.0 Å². The molecule has 19 heavy (non-hydrogen) atoms. The summed E-state index contributed by atoms with van der Waals surface area (Å²) in [5.41, 5.74) is -0.0388. The molecule has 2 N–H and O–H groups in total. The van der Waals surface area contributed by atoms with Crippen LogP contribution in [0.15, 0.2) is 24.3 Å². The Morgan fingerprint density at radius 1 is 1.37 bits per heavy atom. The molecule has 100 valence electrons. The highest BCUT2D eigenvalue weighted by atomic mass is 19.1. The zero-order valence-electron chi connectivity index (χ0n) is 10.4. The fourth-order valence-electron chi connectivity index (χ4n) is 2.57. The topological polar surface area (TPSA) is 58.2 Å². The van der Waals surface area contributed by atoms with Crippen molar-refractivity contribution in [1.82, 2.24) is 10.6 Å². The molecule has 0 spiro atoms. The summed E-state index contributed by atoms with van der Waals surface area (Å²) in [5, 5.41) is 5.52. The van der Waals surface area contributed by atoms with E-state index in [1.165, 1.54) is 6.07 Å². The molecule has 0 bridgehead atoms. The summed E-state index contributed by atoms with van der Waals surface area (Å²) in [7, 11) is 0. The second kappa shape index (κ2) is 4.33. The number of hydrogen-bond acceptors (Lipinski definition) is 2. The first kappa shape index (κ1) is 12.1. The molecular weight excluding hydrogens is 247 g/mol. The second-order valence-electron chi connectivity index (χ2n) is 5.21. The molecule has 1 heterocycles. The third-order valence-electron chi connectivity index (χ3n) is 3.81. The van der Waals surface area contributed by atoms with Crippen molar-refractivity contribution in [2.45, 2.75) is 37.3 Å². The maximum absolute atomic E-state index is 13.8. The Morgan fingerprint density at radius 3 is 2.68 bits per heavy atom. The lowest BCUT2D eigenvalue weighted by atomic mass is 10.0. The Morgan fingerprint density at radius 2 is 2.11 bits per heavy atom. The van der Waals surface area contributed by atoms with Crippen LogP contribution in [0.4, 0.5) is 4.39 Å². The largest absolute Gasteiger partial charge is 0.345 e. The Balaban J connectivity index is 1.74. The Hall–Kier alpha value is -1.91. The molecule has 2 amide bonds. The summed E-state index contributed by atoms with van der Waals surface area (Å²) in [6.45, 7) is 0. The maximum Gasteiger partial charge on any atom is 0.243 e. The number of amides is 2. The quantitative estimate of drug-likeness (QED) is 0.860. The molecule has 3 rings (SSSR count). The zero-order valence-corrected chi connectivity index (χ0v) is 10.4. The van der Waals surface area contributed by atoms with Gasteiger partial charge in [0.2, 0.25) is 11.8 Å². The van der Waals surface area contributed by atoms with Gasteiger partial charge in [0.15, 0.2) is 0 Å². The molecule has 2 fully saturated rings. The van der Waals surface area contributed by atoms with E-state index in [0.29, 0.717) is 18.4 Å². The molecule has 4 nitrogen and oxygen atoms in total. The van der Waals surface area contributed by atoms with Crippen LogP contribution in [0, 0.1) is 5.82 Å². The first-order valence-electron chi connectivity index (χ1n) is 6.47. The molecule has 1 aromatic rings. The van der Waals surface area contributed by atoms with E-state index in [4.69, 9.17) is 0 Å². The molecule has 1 unspecified atom stereocenters. The van der Waals surface area contributed by atoms with Crippen LogP contribution in [-0.4, -0.2) is 17.9 Å². The van der Waals surface area contributed by atoms with E-state index in [-0.39, 0.29) is 17.6 Å². The molecule has 1 saturated carbocycles. The summed E-state index contributed by atoms with van der Waals surface area (Å²) in [4.78, 5) is 23.2. The molecular formula is C14H15FN2O2. The first-order chi connectivity index (χ1) is 9.11. The van der Waals surface area contributed by atoms with Gasteiger partial charge in [-0.3, -0.25) is 9.59 Å². The van der Waals surface area contributed by atoms with Gasteiger partial charge in [-0.15, -0.1) is 0 Å². The van der Waals surface area contributed by atoms with E-state index in [1.54, 1.807) is 18.2 Å². The van der Waals surface area contributed by atoms with Crippen molar-refractivity contribution in [1.29, 1.82) is 0 Å². The van der Waals surface area contributed by atoms with Crippen LogP contribution in [0.3, 0.4) is 0 Å². The molecule has 2 aliphatic rings. The number of hydrogen-bond donors (Lipinski definition) is 2. The van der Waals surface area contributed by atoms with Crippen LogP contribution in [0.2, 0.25) is 0 Å². The van der Waals surface area contributed by atoms with E-state index in [9.17, 15) is 14.0 Å². The van der Waals surface area contributed by atoms with Crippen LogP contribution in [-0.2, 0) is 15.1 Å². The summed E-state index contributed by atoms with van der Waals surface area (Å²) < 4.78 is 13.8. The average molecular weight is 262 g/mol. The van der Waals surface area contributed by atoms with Gasteiger partial charge in [0.05, 0.1) is 5.54 Å². The molecule has 1 aliphatic heterocycles. The summed E-state index contributed by atoms with van der Waals surface area (Å²) in [6, 6.07) is 6.03. The molecule has 1 aromatic carbocycles. The van der Waals surface area contributed by atoms with E-state index in [0.717, 1.165) is 12.8 Å². The molecule has 0 radical (unpaired) electrons. The molecule has 5 heteroatoms. The lowest BCUT2D eigenvalue weighted by Crippen LogP contribution is -2.46. The SMILES string of the molecule is O=C1CCC(C(=O)NC2(c3ccccc3F)CC2)N1. The summed E-state index contributed by atoms with van der Waals surface area (Å²) in [6.07, 6.45) is 2.36. The van der Waals surface area contributed by atoms with Crippen LogP contribution in [0.1, 0.15) is 31.2 Å². The minimum Gasteiger partial charge on any atom is -0.345 e. The lowest BCUT2D eigenvalue weighted by Gasteiger charge is -2.21. The number of rotatable bonds is 3. The highest BCUT2D eigenvalue weighted by Crippen LogP contribution is 2.46. The molecule has 1 saturated heterocycles. The van der Waals surface area contributed by atoms with Crippen LogP contribution >= 0.6 is 0 Å². The van der Waals surface area contributed by atoms with Crippen LogP contribution in [0.25, 0.3) is 0 Å². The minimum absolute atomic E-state index is 0.101. The van der Waals surface area contributed by atoms with Gasteiger partial charge in [0.25, 0.3) is 0 Å². The third-order valence-corrected chi connectivity index (χ3v) is 3.81.